The number of carbonyl (C=O) groups excluding carboxylic acids is 1. The van der Waals surface area contributed by atoms with Gasteiger partial charge in [0.1, 0.15) is 5.51 Å². The van der Waals surface area contributed by atoms with Gasteiger partial charge in [0.25, 0.3) is 0 Å². The van der Waals surface area contributed by atoms with E-state index in [-0.39, 0.29) is 12.0 Å². The smallest absolute Gasteiger partial charge is 0.228 e. The van der Waals surface area contributed by atoms with Crippen molar-refractivity contribution >= 4 is 22.4 Å². The lowest BCUT2D eigenvalue weighted by atomic mass is 10.2. The number of carbonyl (C=O) groups is 1. The van der Waals surface area contributed by atoms with Crippen LogP contribution in [0, 0.1) is 0 Å². The van der Waals surface area contributed by atoms with Crippen molar-refractivity contribution in [2.24, 2.45) is 0 Å². The molecule has 0 aromatic carbocycles. The van der Waals surface area contributed by atoms with Gasteiger partial charge in [-0.3, -0.25) is 4.79 Å². The molecule has 82 valence electrons. The number of amides is 1. The van der Waals surface area contributed by atoms with Crippen molar-refractivity contribution < 1.29 is 9.53 Å². The van der Waals surface area contributed by atoms with Crippen LogP contribution in [0.25, 0.3) is 0 Å². The quantitative estimate of drug-likeness (QED) is 0.752. The van der Waals surface area contributed by atoms with E-state index in [1.165, 1.54) is 11.3 Å². The Hall–Kier alpha value is -1.05. The second kappa shape index (κ2) is 5.15. The van der Waals surface area contributed by atoms with Crippen molar-refractivity contribution in [3.05, 3.63) is 5.51 Å². The maximum Gasteiger partial charge on any atom is 0.228 e. The Kier molecular flexibility index (Phi) is 3.59. The predicted molar refractivity (Wildman–Crippen MR) is 55.8 cm³/mol. The molecule has 2 N–H and O–H groups in total. The van der Waals surface area contributed by atoms with E-state index in [9.17, 15) is 4.79 Å². The van der Waals surface area contributed by atoms with Crippen molar-refractivity contribution in [1.82, 2.24) is 15.5 Å². The number of hydrogen-bond donors (Lipinski definition) is 2. The van der Waals surface area contributed by atoms with Gasteiger partial charge < -0.3 is 15.4 Å². The molecule has 1 aliphatic heterocycles. The van der Waals surface area contributed by atoms with Crippen LogP contribution in [0.1, 0.15) is 6.42 Å². The van der Waals surface area contributed by atoms with Gasteiger partial charge in [0.2, 0.25) is 11.0 Å². The molecule has 1 atom stereocenters. The van der Waals surface area contributed by atoms with Crippen LogP contribution >= 0.6 is 11.3 Å². The number of hydrogen-bond acceptors (Lipinski definition) is 6. The molecule has 0 aliphatic carbocycles. The van der Waals surface area contributed by atoms with E-state index < -0.39 is 0 Å². The first kappa shape index (κ1) is 10.5. The molecule has 1 aromatic rings. The molecule has 1 amide bonds. The normalized spacial score (nSPS) is 21.2. The maximum atomic E-state index is 11.5. The highest BCUT2D eigenvalue weighted by Gasteiger charge is 2.17. The summed E-state index contributed by atoms with van der Waals surface area (Å²) in [6.45, 7) is 2.24. The average Bonchev–Trinajstić information content (AvgIpc) is 2.71. The molecule has 1 unspecified atom stereocenters. The Balaban J connectivity index is 1.76. The summed E-state index contributed by atoms with van der Waals surface area (Å²) in [5.74, 6) is -0.0829. The number of morpholine rings is 1. The van der Waals surface area contributed by atoms with Crippen molar-refractivity contribution in [3.63, 3.8) is 0 Å². The zero-order chi connectivity index (χ0) is 10.5. The average molecular weight is 228 g/mol. The molecule has 15 heavy (non-hydrogen) atoms. The molecule has 0 radical (unpaired) electrons. The molecule has 0 saturated carbocycles. The van der Waals surface area contributed by atoms with E-state index in [1.807, 2.05) is 0 Å². The van der Waals surface area contributed by atoms with E-state index >= 15 is 0 Å². The van der Waals surface area contributed by atoms with Gasteiger partial charge in [0, 0.05) is 13.1 Å². The predicted octanol–water partition coefficient (Wildman–Crippen LogP) is -0.145. The summed E-state index contributed by atoms with van der Waals surface area (Å²) in [6.07, 6.45) is 0.318. The minimum absolute atomic E-state index is 0.0355. The highest BCUT2D eigenvalue weighted by molar-refractivity contribution is 7.13. The molecule has 1 saturated heterocycles. The molecule has 0 bridgehead atoms. The highest BCUT2D eigenvalue weighted by Crippen LogP contribution is 2.09. The van der Waals surface area contributed by atoms with Crippen LogP contribution in [0.5, 0.6) is 0 Å². The Morgan fingerprint density at radius 3 is 3.40 bits per heavy atom. The SMILES string of the molecule is O=C(CC1CNCCO1)Nc1nncs1. The van der Waals surface area contributed by atoms with Gasteiger partial charge in [-0.1, -0.05) is 11.3 Å². The molecule has 1 aliphatic rings. The minimum Gasteiger partial charge on any atom is -0.375 e. The van der Waals surface area contributed by atoms with Crippen molar-refractivity contribution in [3.8, 4) is 0 Å². The number of aromatic nitrogens is 2. The molecule has 6 nitrogen and oxygen atoms in total. The van der Waals surface area contributed by atoms with Crippen LogP contribution in [0.3, 0.4) is 0 Å². The lowest BCUT2D eigenvalue weighted by molar-refractivity contribution is -0.119. The van der Waals surface area contributed by atoms with Gasteiger partial charge in [0.15, 0.2) is 0 Å². The summed E-state index contributed by atoms with van der Waals surface area (Å²) >= 11 is 1.30. The number of nitrogens with one attached hydrogen (secondary N) is 2. The standard InChI is InChI=1S/C8H12N4O2S/c13-7(11-8-12-10-5-15-8)3-6-4-9-1-2-14-6/h5-6,9H,1-4H2,(H,11,12,13). The van der Waals surface area contributed by atoms with Gasteiger partial charge in [-0.05, 0) is 0 Å². The second-order valence-electron chi connectivity index (χ2n) is 3.19. The Morgan fingerprint density at radius 2 is 2.73 bits per heavy atom. The molecular formula is C8H12N4O2S. The molecular weight excluding hydrogens is 216 g/mol. The second-order valence-corrected chi connectivity index (χ2v) is 4.03. The van der Waals surface area contributed by atoms with Gasteiger partial charge in [-0.25, -0.2) is 0 Å². The zero-order valence-corrected chi connectivity index (χ0v) is 8.92. The van der Waals surface area contributed by atoms with E-state index in [0.29, 0.717) is 18.2 Å². The van der Waals surface area contributed by atoms with Crippen LogP contribution in [0.2, 0.25) is 0 Å². The zero-order valence-electron chi connectivity index (χ0n) is 8.10. The third-order valence-corrected chi connectivity index (χ3v) is 2.63. The largest absolute Gasteiger partial charge is 0.375 e. The Bertz CT molecular complexity index is 310. The van der Waals surface area contributed by atoms with Gasteiger partial charge in [-0.15, -0.1) is 10.2 Å². The minimum atomic E-state index is -0.0829. The molecule has 0 spiro atoms. The summed E-state index contributed by atoms with van der Waals surface area (Å²) in [4.78, 5) is 11.5. The Morgan fingerprint density at radius 1 is 1.80 bits per heavy atom. The first-order valence-electron chi connectivity index (χ1n) is 4.73. The van der Waals surface area contributed by atoms with Crippen LogP contribution < -0.4 is 10.6 Å². The summed E-state index contributed by atoms with van der Waals surface area (Å²) in [6, 6.07) is 0. The molecule has 2 rings (SSSR count). The molecule has 7 heteroatoms. The van der Waals surface area contributed by atoms with Crippen LogP contribution in [0.4, 0.5) is 5.13 Å². The number of rotatable bonds is 3. The van der Waals surface area contributed by atoms with E-state index in [2.05, 4.69) is 20.8 Å². The van der Waals surface area contributed by atoms with Crippen LogP contribution in [-0.2, 0) is 9.53 Å². The van der Waals surface area contributed by atoms with E-state index in [0.717, 1.165) is 13.1 Å². The lowest BCUT2D eigenvalue weighted by Crippen LogP contribution is -2.40. The fourth-order valence-corrected chi connectivity index (χ4v) is 1.82. The third-order valence-electron chi connectivity index (χ3n) is 2.02. The molecule has 2 heterocycles. The first-order chi connectivity index (χ1) is 7.34. The van der Waals surface area contributed by atoms with Gasteiger partial charge >= 0.3 is 0 Å². The molecule has 1 fully saturated rings. The number of anilines is 1. The van der Waals surface area contributed by atoms with Gasteiger partial charge in [-0.2, -0.15) is 0 Å². The maximum absolute atomic E-state index is 11.5. The van der Waals surface area contributed by atoms with E-state index in [4.69, 9.17) is 4.74 Å². The fraction of sp³-hybridized carbons (Fsp3) is 0.625. The summed E-state index contributed by atoms with van der Waals surface area (Å²) in [5.41, 5.74) is 1.58. The first-order valence-corrected chi connectivity index (χ1v) is 5.61. The van der Waals surface area contributed by atoms with E-state index in [1.54, 1.807) is 5.51 Å². The number of ether oxygens (including phenoxy) is 1. The molecule has 1 aromatic heterocycles. The summed E-state index contributed by atoms with van der Waals surface area (Å²) in [5, 5.41) is 13.7. The lowest BCUT2D eigenvalue weighted by Gasteiger charge is -2.22. The fourth-order valence-electron chi connectivity index (χ4n) is 1.36. The third kappa shape index (κ3) is 3.22. The van der Waals surface area contributed by atoms with Crippen molar-refractivity contribution in [2.75, 3.05) is 25.0 Å². The number of nitrogens with zero attached hydrogens (tertiary/aromatic N) is 2. The summed E-state index contributed by atoms with van der Waals surface area (Å²) < 4.78 is 5.41. The van der Waals surface area contributed by atoms with Crippen molar-refractivity contribution in [2.45, 2.75) is 12.5 Å². The van der Waals surface area contributed by atoms with Crippen molar-refractivity contribution in [1.29, 1.82) is 0 Å². The van der Waals surface area contributed by atoms with Crippen LogP contribution in [-0.4, -0.2) is 41.9 Å². The van der Waals surface area contributed by atoms with Crippen LogP contribution in [0.15, 0.2) is 5.51 Å². The van der Waals surface area contributed by atoms with Gasteiger partial charge in [0.05, 0.1) is 19.1 Å². The topological polar surface area (TPSA) is 76.1 Å². The Labute approximate surface area is 91.0 Å². The summed E-state index contributed by atoms with van der Waals surface area (Å²) in [7, 11) is 0. The monoisotopic (exact) mass is 228 g/mol. The highest BCUT2D eigenvalue weighted by atomic mass is 32.1.